The van der Waals surface area contributed by atoms with Gasteiger partial charge >= 0.3 is 0 Å². The number of hydrogen-bond acceptors (Lipinski definition) is 5. The smallest absolute Gasteiger partial charge is 0.190 e. The lowest BCUT2D eigenvalue weighted by atomic mass is 10.2. The lowest BCUT2D eigenvalue weighted by molar-refractivity contribution is 0.415. The molecule has 0 bridgehead atoms. The van der Waals surface area contributed by atoms with E-state index in [2.05, 4.69) is 11.8 Å². The van der Waals surface area contributed by atoms with Crippen LogP contribution in [0.2, 0.25) is 0 Å². The molecule has 0 radical (unpaired) electrons. The van der Waals surface area contributed by atoms with Crippen LogP contribution in [0.15, 0.2) is 24.3 Å². The summed E-state index contributed by atoms with van der Waals surface area (Å²) in [6.45, 7) is 2.71. The molecule has 0 spiro atoms. The van der Waals surface area contributed by atoms with Gasteiger partial charge < -0.3 is 15.4 Å². The number of methoxy groups -OCH3 is 1. The van der Waals surface area contributed by atoms with Crippen molar-refractivity contribution in [2.45, 2.75) is 26.3 Å². The second-order valence-electron chi connectivity index (χ2n) is 4.58. The highest BCUT2D eigenvalue weighted by Crippen LogP contribution is 2.32. The van der Waals surface area contributed by atoms with Crippen molar-refractivity contribution >= 4 is 22.2 Å². The van der Waals surface area contributed by atoms with Crippen molar-refractivity contribution in [2.75, 3.05) is 19.1 Å². The van der Waals surface area contributed by atoms with Crippen molar-refractivity contribution in [1.82, 2.24) is 4.98 Å². The molecule has 0 saturated heterocycles. The molecule has 0 unspecified atom stereocenters. The molecule has 108 valence electrons. The zero-order chi connectivity index (χ0) is 14.5. The van der Waals surface area contributed by atoms with Crippen molar-refractivity contribution < 1.29 is 4.74 Å². The molecule has 1 aromatic heterocycles. The van der Waals surface area contributed by atoms with Crippen LogP contribution in [-0.2, 0) is 13.0 Å². The molecule has 20 heavy (non-hydrogen) atoms. The zero-order valence-corrected chi connectivity index (χ0v) is 13.0. The number of anilines is 2. The van der Waals surface area contributed by atoms with Gasteiger partial charge in [-0.15, -0.1) is 0 Å². The molecule has 0 amide bonds. The van der Waals surface area contributed by atoms with E-state index >= 15 is 0 Å². The normalized spacial score (nSPS) is 10.6. The summed E-state index contributed by atoms with van der Waals surface area (Å²) in [4.78, 5) is 7.98. The highest BCUT2D eigenvalue weighted by molar-refractivity contribution is 7.15. The average Bonchev–Trinajstić information content (AvgIpc) is 2.90. The van der Waals surface area contributed by atoms with Gasteiger partial charge in [-0.25, -0.2) is 4.98 Å². The summed E-state index contributed by atoms with van der Waals surface area (Å²) in [6, 6.07) is 7.97. The number of ether oxygens (including phenoxy) is 1. The van der Waals surface area contributed by atoms with E-state index in [4.69, 9.17) is 15.5 Å². The molecule has 2 rings (SSSR count). The third kappa shape index (κ3) is 3.11. The van der Waals surface area contributed by atoms with Crippen LogP contribution in [0.5, 0.6) is 5.75 Å². The van der Waals surface area contributed by atoms with Gasteiger partial charge in [0.15, 0.2) is 5.13 Å². The largest absolute Gasteiger partial charge is 0.497 e. The van der Waals surface area contributed by atoms with E-state index in [0.717, 1.165) is 35.1 Å². The van der Waals surface area contributed by atoms with Crippen LogP contribution in [0, 0.1) is 0 Å². The van der Waals surface area contributed by atoms with Gasteiger partial charge in [-0.1, -0.05) is 30.7 Å². The summed E-state index contributed by atoms with van der Waals surface area (Å²) in [5, 5.41) is 0.974. The summed E-state index contributed by atoms with van der Waals surface area (Å²) in [5.74, 6) is 0.846. The Morgan fingerprint density at radius 3 is 2.85 bits per heavy atom. The topological polar surface area (TPSA) is 51.4 Å². The third-order valence-electron chi connectivity index (χ3n) is 3.17. The maximum Gasteiger partial charge on any atom is 0.190 e. The Labute approximate surface area is 124 Å². The number of thiazole rings is 1. The van der Waals surface area contributed by atoms with Crippen molar-refractivity contribution in [3.8, 4) is 5.75 Å². The fraction of sp³-hybridized carbons (Fsp3) is 0.400. The van der Waals surface area contributed by atoms with Crippen LogP contribution >= 0.6 is 11.3 Å². The Morgan fingerprint density at radius 2 is 2.20 bits per heavy atom. The molecule has 0 atom stereocenters. The average molecular weight is 291 g/mol. The summed E-state index contributed by atoms with van der Waals surface area (Å²) in [5.41, 5.74) is 8.00. The minimum Gasteiger partial charge on any atom is -0.497 e. The number of benzene rings is 1. The van der Waals surface area contributed by atoms with Gasteiger partial charge in [-0.3, -0.25) is 0 Å². The molecule has 1 heterocycles. The van der Waals surface area contributed by atoms with Gasteiger partial charge in [0.1, 0.15) is 5.75 Å². The number of hydrogen-bond donors (Lipinski definition) is 1. The highest BCUT2D eigenvalue weighted by atomic mass is 32.1. The Morgan fingerprint density at radius 1 is 1.40 bits per heavy atom. The molecular formula is C15H21N3OS. The monoisotopic (exact) mass is 291 g/mol. The van der Waals surface area contributed by atoms with Crippen LogP contribution < -0.4 is 15.4 Å². The Kier molecular flexibility index (Phi) is 4.98. The minimum absolute atomic E-state index is 0.555. The number of nitrogens with zero attached hydrogens (tertiary/aromatic N) is 2. The van der Waals surface area contributed by atoms with E-state index in [0.29, 0.717) is 6.54 Å². The Balaban J connectivity index is 2.29. The fourth-order valence-electron chi connectivity index (χ4n) is 2.03. The van der Waals surface area contributed by atoms with E-state index in [9.17, 15) is 0 Å². The van der Waals surface area contributed by atoms with Crippen molar-refractivity contribution in [3.05, 3.63) is 34.8 Å². The van der Waals surface area contributed by atoms with Gasteiger partial charge in [0.2, 0.25) is 0 Å². The standard InChI is InChI=1S/C15H21N3OS/c1-4-6-13-14(10-16)20-15(17-13)18(2)11-7-5-8-12(9-11)19-3/h5,7-9H,4,6,10,16H2,1-3H3. The first-order chi connectivity index (χ1) is 9.69. The van der Waals surface area contributed by atoms with E-state index in [1.165, 1.54) is 4.88 Å². The van der Waals surface area contributed by atoms with E-state index in [-0.39, 0.29) is 0 Å². The molecule has 4 nitrogen and oxygen atoms in total. The summed E-state index contributed by atoms with van der Waals surface area (Å²) in [6.07, 6.45) is 2.06. The molecule has 1 aromatic carbocycles. The second-order valence-corrected chi connectivity index (χ2v) is 5.64. The first-order valence-electron chi connectivity index (χ1n) is 6.76. The minimum atomic E-state index is 0.555. The molecular weight excluding hydrogens is 270 g/mol. The summed E-state index contributed by atoms with van der Waals surface area (Å²) in [7, 11) is 3.69. The van der Waals surface area contributed by atoms with Crippen LogP contribution in [0.1, 0.15) is 23.9 Å². The Bertz CT molecular complexity index is 568. The molecule has 0 fully saturated rings. The van der Waals surface area contributed by atoms with Gasteiger partial charge in [0, 0.05) is 30.2 Å². The molecule has 0 aliphatic rings. The van der Waals surface area contributed by atoms with Gasteiger partial charge in [-0.05, 0) is 18.6 Å². The Hall–Kier alpha value is -1.59. The molecule has 2 N–H and O–H groups in total. The van der Waals surface area contributed by atoms with E-state index < -0.39 is 0 Å². The molecule has 0 aliphatic carbocycles. The van der Waals surface area contributed by atoms with Gasteiger partial charge in [0.05, 0.1) is 12.8 Å². The number of nitrogens with two attached hydrogens (primary N) is 1. The quantitative estimate of drug-likeness (QED) is 0.887. The number of rotatable bonds is 6. The molecule has 5 heteroatoms. The molecule has 0 aliphatic heterocycles. The lowest BCUT2D eigenvalue weighted by Crippen LogP contribution is -2.09. The van der Waals surface area contributed by atoms with Gasteiger partial charge in [-0.2, -0.15) is 0 Å². The predicted molar refractivity (Wildman–Crippen MR) is 85.1 cm³/mol. The highest BCUT2D eigenvalue weighted by Gasteiger charge is 2.14. The fourth-order valence-corrected chi connectivity index (χ4v) is 3.00. The summed E-state index contributed by atoms with van der Waals surface area (Å²) < 4.78 is 5.27. The van der Waals surface area contributed by atoms with Crippen molar-refractivity contribution in [2.24, 2.45) is 5.73 Å². The first kappa shape index (κ1) is 14.8. The second kappa shape index (κ2) is 6.72. The van der Waals surface area contributed by atoms with Crippen LogP contribution in [0.25, 0.3) is 0 Å². The third-order valence-corrected chi connectivity index (χ3v) is 4.36. The molecule has 2 aromatic rings. The number of aromatic nitrogens is 1. The van der Waals surface area contributed by atoms with Crippen LogP contribution in [-0.4, -0.2) is 19.1 Å². The predicted octanol–water partition coefficient (Wildman–Crippen LogP) is 3.33. The van der Waals surface area contributed by atoms with Crippen molar-refractivity contribution in [1.29, 1.82) is 0 Å². The van der Waals surface area contributed by atoms with Crippen molar-refractivity contribution in [3.63, 3.8) is 0 Å². The van der Waals surface area contributed by atoms with Crippen LogP contribution in [0.3, 0.4) is 0 Å². The SMILES string of the molecule is CCCc1nc(N(C)c2cccc(OC)c2)sc1CN. The van der Waals surface area contributed by atoms with Gasteiger partial charge in [0.25, 0.3) is 0 Å². The maximum atomic E-state index is 5.81. The summed E-state index contributed by atoms with van der Waals surface area (Å²) >= 11 is 1.66. The van der Waals surface area contributed by atoms with Crippen LogP contribution in [0.4, 0.5) is 10.8 Å². The number of aryl methyl sites for hydroxylation is 1. The lowest BCUT2D eigenvalue weighted by Gasteiger charge is -2.16. The zero-order valence-electron chi connectivity index (χ0n) is 12.2. The molecule has 0 saturated carbocycles. The van der Waals surface area contributed by atoms with E-state index in [1.807, 2.05) is 31.3 Å². The maximum absolute atomic E-state index is 5.81. The first-order valence-corrected chi connectivity index (χ1v) is 7.57. The van der Waals surface area contributed by atoms with E-state index in [1.54, 1.807) is 18.4 Å².